The minimum absolute atomic E-state index is 0.117. The normalized spacial score (nSPS) is 27.4. The lowest BCUT2D eigenvalue weighted by atomic mass is 10.0. The summed E-state index contributed by atoms with van der Waals surface area (Å²) in [5.41, 5.74) is 3.14. The van der Waals surface area contributed by atoms with E-state index in [4.69, 9.17) is 24.8 Å². The van der Waals surface area contributed by atoms with Crippen LogP contribution in [0.1, 0.15) is 63.3 Å². The minimum Gasteiger partial charge on any atom is -0.356 e. The second kappa shape index (κ2) is 9.53. The molecule has 2 saturated heterocycles. The number of nitrogens with zero attached hydrogens (tertiary/aromatic N) is 7. The van der Waals surface area contributed by atoms with Crippen LogP contribution in [0.2, 0.25) is 0 Å². The predicted octanol–water partition coefficient (Wildman–Crippen LogP) is 4.59. The Hall–Kier alpha value is -2.97. The molecule has 1 aliphatic carbocycles. The summed E-state index contributed by atoms with van der Waals surface area (Å²) in [6.45, 7) is 4.67. The van der Waals surface area contributed by atoms with Crippen LogP contribution in [-0.2, 0) is 10.2 Å². The van der Waals surface area contributed by atoms with E-state index >= 15 is 0 Å². The molecule has 0 radical (unpaired) electrons. The van der Waals surface area contributed by atoms with Gasteiger partial charge in [-0.1, -0.05) is 12.1 Å². The summed E-state index contributed by atoms with van der Waals surface area (Å²) in [6, 6.07) is 7.12. The van der Waals surface area contributed by atoms with E-state index in [0.717, 1.165) is 76.8 Å². The van der Waals surface area contributed by atoms with Crippen molar-refractivity contribution in [3.8, 4) is 0 Å². The lowest BCUT2D eigenvalue weighted by Crippen LogP contribution is -2.39. The van der Waals surface area contributed by atoms with Crippen LogP contribution in [-0.4, -0.2) is 67.7 Å². The van der Waals surface area contributed by atoms with Crippen LogP contribution >= 0.6 is 33.9 Å². The van der Waals surface area contributed by atoms with Gasteiger partial charge in [-0.05, 0) is 79.2 Å². The number of anilines is 1. The van der Waals surface area contributed by atoms with Crippen molar-refractivity contribution in [2.75, 3.05) is 31.1 Å². The first-order valence-electron chi connectivity index (χ1n) is 14.1. The molecule has 1 aromatic carbocycles. The first-order valence-corrected chi connectivity index (χ1v) is 16.1. The van der Waals surface area contributed by atoms with Crippen LogP contribution in [0.4, 0.5) is 5.82 Å². The highest BCUT2D eigenvalue weighted by molar-refractivity contribution is 14.1. The zero-order valence-corrected chi connectivity index (χ0v) is 25.5. The molecule has 210 valence electrons. The van der Waals surface area contributed by atoms with Gasteiger partial charge in [0.15, 0.2) is 15.6 Å². The van der Waals surface area contributed by atoms with Gasteiger partial charge < -0.3 is 9.64 Å². The molecule has 1 saturated carbocycles. The number of thiazole rings is 1. The number of imide groups is 1. The SMILES string of the molecule is Cc1csc([C@@]2(CN3C(=O)c4ccccc4C3=O)[C@@H]3CCN(c4cnc5c(I)nn(C6CCCCO6)c5n4)C[C@@H]32)n1. The Morgan fingerprint density at radius 1 is 1.10 bits per heavy atom. The predicted molar refractivity (Wildman–Crippen MR) is 161 cm³/mol. The van der Waals surface area contributed by atoms with E-state index in [1.807, 2.05) is 29.9 Å². The molecule has 2 amide bonds. The van der Waals surface area contributed by atoms with E-state index in [0.29, 0.717) is 23.6 Å². The third-order valence-corrected chi connectivity index (χ3v) is 11.1. The highest BCUT2D eigenvalue weighted by Gasteiger charge is 2.69. The number of rotatable bonds is 5. The van der Waals surface area contributed by atoms with Crippen LogP contribution in [0.5, 0.6) is 0 Å². The van der Waals surface area contributed by atoms with Crippen molar-refractivity contribution in [2.45, 2.75) is 44.2 Å². The number of benzene rings is 1. The van der Waals surface area contributed by atoms with E-state index in [-0.39, 0.29) is 29.4 Å². The van der Waals surface area contributed by atoms with Crippen LogP contribution in [0, 0.1) is 22.5 Å². The first kappa shape index (κ1) is 25.7. The molecule has 3 aromatic heterocycles. The molecule has 6 heterocycles. The number of ether oxygens (including phenoxy) is 1. The molecule has 4 aliphatic rings. The van der Waals surface area contributed by atoms with Crippen LogP contribution in [0.25, 0.3) is 11.2 Å². The topological polar surface area (TPSA) is 106 Å². The molecule has 0 bridgehead atoms. The van der Waals surface area contributed by atoms with Gasteiger partial charge in [0.1, 0.15) is 16.3 Å². The zero-order chi connectivity index (χ0) is 27.9. The Labute approximate surface area is 254 Å². The van der Waals surface area contributed by atoms with Crippen molar-refractivity contribution in [3.63, 3.8) is 0 Å². The molecule has 4 aromatic rings. The Morgan fingerprint density at radius 2 is 1.90 bits per heavy atom. The van der Waals surface area contributed by atoms with Gasteiger partial charge in [-0.2, -0.15) is 5.10 Å². The second-order valence-corrected chi connectivity index (χ2v) is 13.4. The zero-order valence-electron chi connectivity index (χ0n) is 22.5. The minimum atomic E-state index is -0.355. The lowest BCUT2D eigenvalue weighted by molar-refractivity contribution is -0.0372. The smallest absolute Gasteiger partial charge is 0.261 e. The molecule has 10 nitrogen and oxygen atoms in total. The van der Waals surface area contributed by atoms with Crippen LogP contribution < -0.4 is 4.90 Å². The molecule has 3 aliphatic heterocycles. The van der Waals surface area contributed by atoms with Gasteiger partial charge in [0, 0.05) is 42.7 Å². The van der Waals surface area contributed by atoms with Crippen LogP contribution in [0.3, 0.4) is 0 Å². The van der Waals surface area contributed by atoms with Gasteiger partial charge in [-0.25, -0.2) is 19.6 Å². The van der Waals surface area contributed by atoms with E-state index in [9.17, 15) is 9.59 Å². The Balaban J connectivity index is 1.11. The highest BCUT2D eigenvalue weighted by atomic mass is 127. The molecular weight excluding hydrogens is 653 g/mol. The van der Waals surface area contributed by atoms with E-state index in [1.54, 1.807) is 23.5 Å². The van der Waals surface area contributed by atoms with Crippen molar-refractivity contribution >= 4 is 62.7 Å². The molecule has 4 atom stereocenters. The number of fused-ring (bicyclic) bond motifs is 3. The summed E-state index contributed by atoms with van der Waals surface area (Å²) in [7, 11) is 0. The van der Waals surface area contributed by atoms with Gasteiger partial charge in [0.05, 0.1) is 17.3 Å². The van der Waals surface area contributed by atoms with E-state index in [2.05, 4.69) is 32.9 Å². The Bertz CT molecular complexity index is 1680. The summed E-state index contributed by atoms with van der Waals surface area (Å²) in [6.07, 6.45) is 5.75. The third-order valence-electron chi connectivity index (χ3n) is 9.24. The molecule has 3 fully saturated rings. The monoisotopic (exact) mass is 681 g/mol. The number of hydrogen-bond donors (Lipinski definition) is 0. The molecule has 0 spiro atoms. The summed E-state index contributed by atoms with van der Waals surface area (Å²) in [5, 5.41) is 7.82. The number of carbonyl (C=O) groups is 2. The standard InChI is InChI=1S/C29H28IN7O3S/c1-16-14-41-28(32-16)29(15-36-26(38)17-6-2-3-7-18(17)27(36)39)19-9-10-35(13-20(19)29)21-12-31-23-24(30)34-37(25(23)33-21)22-8-4-5-11-40-22/h2-3,6-7,12,14,19-20,22H,4-5,8-11,13,15H2,1H3/t19-,20+,22?,29+/m1/s1. The van der Waals surface area contributed by atoms with Crippen LogP contribution in [0.15, 0.2) is 35.8 Å². The molecule has 41 heavy (non-hydrogen) atoms. The number of hydrogen-bond acceptors (Lipinski definition) is 9. The number of carbonyl (C=O) groups excluding carboxylic acids is 2. The maximum atomic E-state index is 13.4. The fourth-order valence-corrected chi connectivity index (χ4v) is 8.88. The van der Waals surface area contributed by atoms with Gasteiger partial charge >= 0.3 is 0 Å². The van der Waals surface area contributed by atoms with Gasteiger partial charge in [0.25, 0.3) is 11.8 Å². The summed E-state index contributed by atoms with van der Waals surface area (Å²) in [4.78, 5) is 45.3. The largest absolute Gasteiger partial charge is 0.356 e. The van der Waals surface area contributed by atoms with Crippen molar-refractivity contribution in [1.82, 2.24) is 29.6 Å². The number of piperidine rings is 1. The summed E-state index contributed by atoms with van der Waals surface area (Å²) in [5.74, 6) is 0.995. The molecule has 0 N–H and O–H groups in total. The average molecular weight is 682 g/mol. The number of halogens is 1. The second-order valence-electron chi connectivity index (χ2n) is 11.5. The van der Waals surface area contributed by atoms with Gasteiger partial charge in [-0.15, -0.1) is 11.3 Å². The fraction of sp³-hybridized carbons (Fsp3) is 0.448. The van der Waals surface area contributed by atoms with Crippen molar-refractivity contribution in [2.24, 2.45) is 11.8 Å². The molecule has 12 heteroatoms. The van der Waals surface area contributed by atoms with Crippen molar-refractivity contribution in [3.05, 3.63) is 61.4 Å². The maximum Gasteiger partial charge on any atom is 0.261 e. The lowest BCUT2D eigenvalue weighted by Gasteiger charge is -2.27. The Morgan fingerprint density at radius 3 is 2.61 bits per heavy atom. The fourth-order valence-electron chi connectivity index (χ4n) is 7.15. The molecule has 1 unspecified atom stereocenters. The molecule has 8 rings (SSSR count). The highest BCUT2D eigenvalue weighted by Crippen LogP contribution is 2.64. The summed E-state index contributed by atoms with van der Waals surface area (Å²) >= 11 is 3.86. The van der Waals surface area contributed by atoms with Gasteiger partial charge in [0.2, 0.25) is 0 Å². The van der Waals surface area contributed by atoms with E-state index < -0.39 is 0 Å². The quantitative estimate of drug-likeness (QED) is 0.223. The molecular formula is C29H28IN7O3S. The number of amides is 2. The van der Waals surface area contributed by atoms with E-state index in [1.165, 1.54) is 4.90 Å². The Kier molecular flexibility index (Phi) is 5.98. The summed E-state index contributed by atoms with van der Waals surface area (Å²) < 4.78 is 8.76. The first-order chi connectivity index (χ1) is 20.0. The van der Waals surface area contributed by atoms with Crippen molar-refractivity contribution in [1.29, 1.82) is 0 Å². The number of aryl methyl sites for hydroxylation is 1. The average Bonchev–Trinajstić information content (AvgIpc) is 3.22. The third kappa shape index (κ3) is 3.89. The maximum absolute atomic E-state index is 13.4. The van der Waals surface area contributed by atoms with Gasteiger partial charge in [-0.3, -0.25) is 14.5 Å². The number of aromatic nitrogens is 5. The van der Waals surface area contributed by atoms with Crippen molar-refractivity contribution < 1.29 is 14.3 Å².